The van der Waals surface area contributed by atoms with E-state index >= 15 is 0 Å². The molecule has 1 saturated heterocycles. The van der Waals surface area contributed by atoms with Crippen molar-refractivity contribution in [3.8, 4) is 0 Å². The zero-order chi connectivity index (χ0) is 24.4. The van der Waals surface area contributed by atoms with E-state index in [0.29, 0.717) is 12.1 Å². The van der Waals surface area contributed by atoms with Crippen LogP contribution in [0.3, 0.4) is 0 Å². The van der Waals surface area contributed by atoms with Crippen LogP contribution in [0.1, 0.15) is 78.3 Å². The molecule has 2 rings (SSSR count). The maximum absolute atomic E-state index is 13.6. The molecule has 33 heavy (non-hydrogen) atoms. The highest BCUT2D eigenvalue weighted by Gasteiger charge is 2.33. The Morgan fingerprint density at radius 2 is 1.94 bits per heavy atom. The van der Waals surface area contributed by atoms with Gasteiger partial charge in [0.1, 0.15) is 11.6 Å². The second kappa shape index (κ2) is 12.3. The number of likely N-dealkylation sites (tertiary alicyclic amines) is 1. The van der Waals surface area contributed by atoms with E-state index in [2.05, 4.69) is 24.2 Å². The van der Waals surface area contributed by atoms with Gasteiger partial charge in [-0.05, 0) is 52.0 Å². The fourth-order valence-electron chi connectivity index (χ4n) is 3.92. The molecule has 180 valence electrons. The van der Waals surface area contributed by atoms with Crippen LogP contribution < -0.4 is 5.32 Å². The molecule has 2 atom stereocenters. The molecule has 1 aromatic rings. The number of hydrogen-bond acceptors (Lipinski definition) is 5. The number of amides is 2. The highest BCUT2D eigenvalue weighted by molar-refractivity contribution is 6.30. The van der Waals surface area contributed by atoms with Crippen LogP contribution in [-0.2, 0) is 9.53 Å². The summed E-state index contributed by atoms with van der Waals surface area (Å²) >= 11 is 0. The lowest BCUT2D eigenvalue weighted by Gasteiger charge is -2.27. The van der Waals surface area contributed by atoms with Crippen molar-refractivity contribution < 1.29 is 14.3 Å². The molecule has 2 amide bonds. The fourth-order valence-corrected chi connectivity index (χ4v) is 3.92. The van der Waals surface area contributed by atoms with E-state index in [1.54, 1.807) is 31.9 Å². The Hall–Kier alpha value is -2.96. The molecule has 2 unspecified atom stereocenters. The van der Waals surface area contributed by atoms with Gasteiger partial charge < -0.3 is 20.4 Å². The van der Waals surface area contributed by atoms with Crippen molar-refractivity contribution in [2.75, 3.05) is 6.54 Å². The van der Waals surface area contributed by atoms with Crippen molar-refractivity contribution in [2.45, 2.75) is 78.4 Å². The average Bonchev–Trinajstić information content (AvgIpc) is 3.24. The molecular weight excluding hydrogens is 416 g/mol. The van der Waals surface area contributed by atoms with Gasteiger partial charge in [0.15, 0.2) is 0 Å². The van der Waals surface area contributed by atoms with Gasteiger partial charge in [-0.3, -0.25) is 9.79 Å². The highest BCUT2D eigenvalue weighted by Crippen LogP contribution is 2.27. The summed E-state index contributed by atoms with van der Waals surface area (Å²) in [7, 11) is 0. The molecule has 1 heterocycles. The highest BCUT2D eigenvalue weighted by atomic mass is 16.6. The number of alkyl carbamates (subject to hydrolysis) is 1. The van der Waals surface area contributed by atoms with E-state index in [4.69, 9.17) is 10.1 Å². The first-order valence-corrected chi connectivity index (χ1v) is 11.8. The molecule has 1 aliphatic heterocycles. The predicted octanol–water partition coefficient (Wildman–Crippen LogP) is 5.63. The molecule has 0 bridgehead atoms. The summed E-state index contributed by atoms with van der Waals surface area (Å²) in [5.41, 5.74) is 1.56. The third-order valence-electron chi connectivity index (χ3n) is 5.53. The first-order valence-electron chi connectivity index (χ1n) is 11.8. The van der Waals surface area contributed by atoms with Crippen molar-refractivity contribution in [1.82, 2.24) is 10.2 Å². The third-order valence-corrected chi connectivity index (χ3v) is 5.53. The van der Waals surface area contributed by atoms with Crippen LogP contribution in [0.25, 0.3) is 0 Å². The Kier molecular flexibility index (Phi) is 9.82. The van der Waals surface area contributed by atoms with Crippen LogP contribution in [-0.4, -0.2) is 41.0 Å². The van der Waals surface area contributed by atoms with Crippen molar-refractivity contribution in [3.63, 3.8) is 0 Å². The Morgan fingerprint density at radius 1 is 1.24 bits per heavy atom. The average molecular weight is 455 g/mol. The third kappa shape index (κ3) is 7.84. The van der Waals surface area contributed by atoms with E-state index in [1.807, 2.05) is 30.3 Å². The lowest BCUT2D eigenvalue weighted by Crippen LogP contribution is -2.43. The summed E-state index contributed by atoms with van der Waals surface area (Å²) in [5.74, 6) is 0.0174. The summed E-state index contributed by atoms with van der Waals surface area (Å²) in [6.45, 7) is 10.1. The molecule has 2 N–H and O–H groups in total. The van der Waals surface area contributed by atoms with Crippen LogP contribution in [0.5, 0.6) is 0 Å². The van der Waals surface area contributed by atoms with Gasteiger partial charge in [0, 0.05) is 30.6 Å². The Morgan fingerprint density at radius 3 is 2.52 bits per heavy atom. The number of rotatable bonds is 9. The zero-order valence-electron chi connectivity index (χ0n) is 20.6. The van der Waals surface area contributed by atoms with Gasteiger partial charge >= 0.3 is 6.09 Å². The zero-order valence-corrected chi connectivity index (χ0v) is 20.6. The van der Waals surface area contributed by atoms with E-state index in [0.717, 1.165) is 43.5 Å². The van der Waals surface area contributed by atoms with Crippen LogP contribution in [0.15, 0.2) is 47.2 Å². The molecule has 7 nitrogen and oxygen atoms in total. The first-order chi connectivity index (χ1) is 15.7. The maximum Gasteiger partial charge on any atom is 0.408 e. The minimum absolute atomic E-state index is 0.219. The first kappa shape index (κ1) is 26.3. The lowest BCUT2D eigenvalue weighted by atomic mass is 9.95. The molecule has 0 spiro atoms. The Labute approximate surface area is 197 Å². The van der Waals surface area contributed by atoms with Gasteiger partial charge in [0.25, 0.3) is 5.91 Å². The maximum atomic E-state index is 13.6. The molecule has 0 aliphatic carbocycles. The van der Waals surface area contributed by atoms with Crippen LogP contribution in [0.4, 0.5) is 4.79 Å². The predicted molar refractivity (Wildman–Crippen MR) is 132 cm³/mol. The summed E-state index contributed by atoms with van der Waals surface area (Å²) in [6.07, 6.45) is 6.88. The van der Waals surface area contributed by atoms with Crippen LogP contribution >= 0.6 is 0 Å². The van der Waals surface area contributed by atoms with E-state index in [9.17, 15) is 9.59 Å². The number of nitrogens with zero attached hydrogens (tertiary/aromatic N) is 2. The van der Waals surface area contributed by atoms with Crippen molar-refractivity contribution in [1.29, 1.82) is 5.41 Å². The molecule has 0 aromatic heterocycles. The van der Waals surface area contributed by atoms with Crippen molar-refractivity contribution in [2.24, 2.45) is 10.9 Å². The van der Waals surface area contributed by atoms with Crippen LogP contribution in [0, 0.1) is 11.3 Å². The molecular formula is C26H38N4O3. The molecule has 0 radical (unpaired) electrons. The van der Waals surface area contributed by atoms with E-state index in [1.165, 1.54) is 6.21 Å². The number of ether oxygens (including phenoxy) is 1. The van der Waals surface area contributed by atoms with Gasteiger partial charge in [-0.15, -0.1) is 0 Å². The second-order valence-corrected chi connectivity index (χ2v) is 9.30. The summed E-state index contributed by atoms with van der Waals surface area (Å²) in [6, 6.07) is 8.33. The fraction of sp³-hybridized carbons (Fsp3) is 0.538. The number of carbonyl (C=O) groups excluding carboxylic acids is 2. The SMILES string of the molecule is CCCC(CC)C(C=N)=N/C=C1/CCCN1C(=O)C(NC(=O)OC(C)(C)C)c1ccccc1. The molecule has 1 aromatic carbocycles. The van der Waals surface area contributed by atoms with Gasteiger partial charge in [-0.2, -0.15) is 0 Å². The minimum atomic E-state index is -0.864. The Balaban J connectivity index is 2.30. The topological polar surface area (TPSA) is 94.9 Å². The summed E-state index contributed by atoms with van der Waals surface area (Å²) in [4.78, 5) is 32.4. The van der Waals surface area contributed by atoms with Gasteiger partial charge in [0.05, 0.1) is 5.71 Å². The normalized spacial score (nSPS) is 17.5. The number of hydrogen-bond donors (Lipinski definition) is 2. The number of aliphatic imine (C=N–C) groups is 1. The van der Waals surface area contributed by atoms with E-state index < -0.39 is 17.7 Å². The number of allylic oxidation sites excluding steroid dienone is 1. The number of carbonyl (C=O) groups is 2. The molecule has 1 fully saturated rings. The van der Waals surface area contributed by atoms with Gasteiger partial charge in [0.2, 0.25) is 0 Å². The molecule has 1 aliphatic rings. The Bertz CT molecular complexity index is 871. The summed E-state index contributed by atoms with van der Waals surface area (Å²) < 4.78 is 5.40. The lowest BCUT2D eigenvalue weighted by molar-refractivity contribution is -0.131. The number of nitrogens with one attached hydrogen (secondary N) is 2. The number of benzene rings is 1. The van der Waals surface area contributed by atoms with E-state index in [-0.39, 0.29) is 11.8 Å². The van der Waals surface area contributed by atoms with Gasteiger partial charge in [-0.25, -0.2) is 4.79 Å². The monoisotopic (exact) mass is 454 g/mol. The van der Waals surface area contributed by atoms with Crippen molar-refractivity contribution in [3.05, 3.63) is 47.8 Å². The van der Waals surface area contributed by atoms with Crippen molar-refractivity contribution >= 4 is 23.9 Å². The molecule has 7 heteroatoms. The van der Waals surface area contributed by atoms with Gasteiger partial charge in [-0.1, -0.05) is 50.6 Å². The quantitative estimate of drug-likeness (QED) is 0.473. The minimum Gasteiger partial charge on any atom is -0.444 e. The summed E-state index contributed by atoms with van der Waals surface area (Å²) in [5, 5.41) is 10.5. The molecule has 0 saturated carbocycles. The van der Waals surface area contributed by atoms with Crippen LogP contribution in [0.2, 0.25) is 0 Å². The standard InChI is InChI=1S/C26H38N4O3/c1-6-12-19(7-2)22(17-27)28-18-21-15-11-16-30(21)24(31)23(20-13-9-8-10-14-20)29-25(32)33-26(3,4)5/h8-10,13-14,17-19,23,27H,6-7,11-12,15-16H2,1-5H3,(H,29,32)/b21-18-,27-17?,28-22?. The second-order valence-electron chi connectivity index (χ2n) is 9.30. The largest absolute Gasteiger partial charge is 0.444 e. The smallest absolute Gasteiger partial charge is 0.408 e.